The standard InChI is InChI=1S/C17H28N4O2.ClH/c1-5-17(6-2,11-18)21-15(22)13-7-9-14(10-8-13)20-16(23)19-12(3)4;/h7-10,12H,5-6,11,18H2,1-4H3,(H,21,22)(H2,19,20,23);1H. The molecule has 0 aliphatic carbocycles. The van der Waals surface area contributed by atoms with Crippen molar-refractivity contribution in [3.8, 4) is 0 Å². The highest BCUT2D eigenvalue weighted by atomic mass is 35.5. The molecule has 6 nitrogen and oxygen atoms in total. The van der Waals surface area contributed by atoms with Crippen LogP contribution in [0, 0.1) is 0 Å². The molecule has 0 fully saturated rings. The van der Waals surface area contributed by atoms with E-state index >= 15 is 0 Å². The number of urea groups is 1. The average Bonchev–Trinajstić information content (AvgIpc) is 2.52. The van der Waals surface area contributed by atoms with E-state index in [1.807, 2.05) is 27.7 Å². The van der Waals surface area contributed by atoms with Crippen LogP contribution >= 0.6 is 12.4 Å². The van der Waals surface area contributed by atoms with Crippen LogP contribution in [0.2, 0.25) is 0 Å². The van der Waals surface area contributed by atoms with Crippen molar-refractivity contribution in [1.82, 2.24) is 10.6 Å². The minimum Gasteiger partial charge on any atom is -0.345 e. The molecule has 0 unspecified atom stereocenters. The monoisotopic (exact) mass is 356 g/mol. The molecule has 5 N–H and O–H groups in total. The number of carbonyl (C=O) groups excluding carboxylic acids is 2. The minimum atomic E-state index is -0.370. The van der Waals surface area contributed by atoms with Crippen LogP contribution in [0.5, 0.6) is 0 Å². The first-order valence-corrected chi connectivity index (χ1v) is 8.06. The van der Waals surface area contributed by atoms with Gasteiger partial charge >= 0.3 is 6.03 Å². The zero-order valence-electron chi connectivity index (χ0n) is 14.8. The van der Waals surface area contributed by atoms with E-state index in [0.29, 0.717) is 17.8 Å². The van der Waals surface area contributed by atoms with Gasteiger partial charge in [0.25, 0.3) is 5.91 Å². The summed E-state index contributed by atoms with van der Waals surface area (Å²) < 4.78 is 0. The first kappa shape index (κ1) is 22.2. The van der Waals surface area contributed by atoms with Crippen molar-refractivity contribution in [2.45, 2.75) is 52.1 Å². The summed E-state index contributed by atoms with van der Waals surface area (Å²) in [6.45, 7) is 8.20. The highest BCUT2D eigenvalue weighted by molar-refractivity contribution is 5.96. The van der Waals surface area contributed by atoms with Crippen molar-refractivity contribution in [1.29, 1.82) is 0 Å². The molecule has 0 atom stereocenters. The molecular weight excluding hydrogens is 328 g/mol. The average molecular weight is 357 g/mol. The van der Waals surface area contributed by atoms with Gasteiger partial charge in [-0.3, -0.25) is 4.79 Å². The van der Waals surface area contributed by atoms with Crippen LogP contribution in [0.4, 0.5) is 10.5 Å². The smallest absolute Gasteiger partial charge is 0.319 e. The minimum absolute atomic E-state index is 0. The van der Waals surface area contributed by atoms with Gasteiger partial charge in [0.1, 0.15) is 0 Å². The van der Waals surface area contributed by atoms with Crippen LogP contribution in [-0.4, -0.2) is 30.1 Å². The highest BCUT2D eigenvalue weighted by Gasteiger charge is 2.26. The molecule has 24 heavy (non-hydrogen) atoms. The number of halogens is 1. The molecule has 3 amide bonds. The second-order valence-electron chi connectivity index (χ2n) is 5.98. The van der Waals surface area contributed by atoms with E-state index in [1.54, 1.807) is 24.3 Å². The molecule has 0 saturated carbocycles. The van der Waals surface area contributed by atoms with Crippen LogP contribution in [-0.2, 0) is 0 Å². The molecule has 136 valence electrons. The Morgan fingerprint density at radius 2 is 1.67 bits per heavy atom. The van der Waals surface area contributed by atoms with Gasteiger partial charge in [-0.2, -0.15) is 0 Å². The van der Waals surface area contributed by atoms with Gasteiger partial charge in [0.15, 0.2) is 0 Å². The van der Waals surface area contributed by atoms with Crippen LogP contribution in [0.15, 0.2) is 24.3 Å². The molecule has 0 aliphatic heterocycles. The number of hydrogen-bond acceptors (Lipinski definition) is 3. The van der Waals surface area contributed by atoms with Gasteiger partial charge in [-0.05, 0) is 51.0 Å². The Bertz CT molecular complexity index is 520. The zero-order valence-corrected chi connectivity index (χ0v) is 15.6. The first-order chi connectivity index (χ1) is 10.9. The fraction of sp³-hybridized carbons (Fsp3) is 0.529. The Hall–Kier alpha value is -1.79. The van der Waals surface area contributed by atoms with Gasteiger partial charge in [-0.15, -0.1) is 12.4 Å². The third kappa shape index (κ3) is 6.37. The molecule has 0 aliphatic rings. The van der Waals surface area contributed by atoms with Gasteiger partial charge in [0.05, 0.1) is 5.54 Å². The van der Waals surface area contributed by atoms with E-state index in [0.717, 1.165) is 12.8 Å². The Labute approximate surface area is 150 Å². The van der Waals surface area contributed by atoms with Crippen LogP contribution in [0.25, 0.3) is 0 Å². The van der Waals surface area contributed by atoms with E-state index in [1.165, 1.54) is 0 Å². The fourth-order valence-electron chi connectivity index (χ4n) is 2.21. The Kier molecular flexibility index (Phi) is 9.40. The van der Waals surface area contributed by atoms with E-state index in [-0.39, 0.29) is 35.9 Å². The zero-order chi connectivity index (χ0) is 17.5. The summed E-state index contributed by atoms with van der Waals surface area (Å²) in [4.78, 5) is 24.0. The molecule has 7 heteroatoms. The maximum absolute atomic E-state index is 12.3. The van der Waals surface area contributed by atoms with Crippen molar-refractivity contribution in [3.05, 3.63) is 29.8 Å². The molecule has 0 aromatic heterocycles. The van der Waals surface area contributed by atoms with Crippen molar-refractivity contribution >= 4 is 30.0 Å². The fourth-order valence-corrected chi connectivity index (χ4v) is 2.21. The summed E-state index contributed by atoms with van der Waals surface area (Å²) in [5.74, 6) is -0.155. The normalized spacial score (nSPS) is 10.8. The number of amides is 3. The summed E-state index contributed by atoms with van der Waals surface area (Å²) >= 11 is 0. The lowest BCUT2D eigenvalue weighted by Crippen LogP contribution is -2.52. The van der Waals surface area contributed by atoms with Crippen LogP contribution in [0.3, 0.4) is 0 Å². The van der Waals surface area contributed by atoms with Gasteiger partial charge < -0.3 is 21.7 Å². The molecule has 0 radical (unpaired) electrons. The summed E-state index contributed by atoms with van der Waals surface area (Å²) in [6.07, 6.45) is 1.56. The quantitative estimate of drug-likeness (QED) is 0.604. The summed E-state index contributed by atoms with van der Waals surface area (Å²) in [6, 6.07) is 6.58. The number of anilines is 1. The molecular formula is C17H29ClN4O2. The topological polar surface area (TPSA) is 96.2 Å². The van der Waals surface area contributed by atoms with E-state index in [9.17, 15) is 9.59 Å². The highest BCUT2D eigenvalue weighted by Crippen LogP contribution is 2.15. The summed E-state index contributed by atoms with van der Waals surface area (Å²) in [7, 11) is 0. The maximum Gasteiger partial charge on any atom is 0.319 e. The van der Waals surface area contributed by atoms with Gasteiger partial charge in [-0.1, -0.05) is 13.8 Å². The lowest BCUT2D eigenvalue weighted by atomic mass is 9.92. The molecule has 1 aromatic carbocycles. The lowest BCUT2D eigenvalue weighted by molar-refractivity contribution is 0.0895. The number of nitrogens with two attached hydrogens (primary N) is 1. The Balaban J connectivity index is 0.00000529. The lowest BCUT2D eigenvalue weighted by Gasteiger charge is -2.31. The van der Waals surface area contributed by atoms with E-state index in [4.69, 9.17) is 5.73 Å². The number of nitrogens with one attached hydrogen (secondary N) is 3. The van der Waals surface area contributed by atoms with Crippen molar-refractivity contribution in [2.75, 3.05) is 11.9 Å². The molecule has 0 bridgehead atoms. The maximum atomic E-state index is 12.3. The number of benzene rings is 1. The predicted molar refractivity (Wildman–Crippen MR) is 101 cm³/mol. The van der Waals surface area contributed by atoms with Crippen LogP contribution in [0.1, 0.15) is 50.9 Å². The third-order valence-corrected chi connectivity index (χ3v) is 3.95. The SMILES string of the molecule is CCC(CC)(CN)NC(=O)c1ccc(NC(=O)NC(C)C)cc1.Cl. The van der Waals surface area contributed by atoms with Gasteiger partial charge in [-0.25, -0.2) is 4.79 Å². The predicted octanol–water partition coefficient (Wildman–Crippen LogP) is 2.89. The van der Waals surface area contributed by atoms with E-state index in [2.05, 4.69) is 16.0 Å². The van der Waals surface area contributed by atoms with Crippen molar-refractivity contribution < 1.29 is 9.59 Å². The summed E-state index contributed by atoms with van der Waals surface area (Å²) in [5.41, 5.74) is 6.61. The molecule has 0 saturated heterocycles. The van der Waals surface area contributed by atoms with Gasteiger partial charge in [0, 0.05) is 23.8 Å². The molecule has 0 spiro atoms. The van der Waals surface area contributed by atoms with Gasteiger partial charge in [0.2, 0.25) is 0 Å². The second-order valence-corrected chi connectivity index (χ2v) is 5.98. The van der Waals surface area contributed by atoms with Crippen LogP contribution < -0.4 is 21.7 Å². The molecule has 1 rings (SSSR count). The first-order valence-electron chi connectivity index (χ1n) is 8.06. The number of carbonyl (C=O) groups is 2. The number of rotatable bonds is 7. The summed E-state index contributed by atoms with van der Waals surface area (Å²) in [5, 5.41) is 8.48. The third-order valence-electron chi connectivity index (χ3n) is 3.95. The van der Waals surface area contributed by atoms with Crippen molar-refractivity contribution in [2.24, 2.45) is 5.73 Å². The Morgan fingerprint density at radius 1 is 1.12 bits per heavy atom. The number of hydrogen-bond donors (Lipinski definition) is 4. The largest absolute Gasteiger partial charge is 0.345 e. The van der Waals surface area contributed by atoms with E-state index < -0.39 is 0 Å². The second kappa shape index (κ2) is 10.2. The molecule has 1 aromatic rings. The van der Waals surface area contributed by atoms with Crippen molar-refractivity contribution in [3.63, 3.8) is 0 Å². The molecule has 0 heterocycles. The Morgan fingerprint density at radius 3 is 2.08 bits per heavy atom.